The van der Waals surface area contributed by atoms with E-state index >= 15 is 0 Å². The van der Waals surface area contributed by atoms with Gasteiger partial charge in [-0.15, -0.1) is 0 Å². The van der Waals surface area contributed by atoms with Crippen LogP contribution in [0, 0.1) is 11.8 Å². The monoisotopic (exact) mass is 311 g/mol. The van der Waals surface area contributed by atoms with Crippen LogP contribution in [0.4, 0.5) is 0 Å². The summed E-state index contributed by atoms with van der Waals surface area (Å²) in [6.45, 7) is 0. The molecule has 0 aromatic heterocycles. The third-order valence-corrected chi connectivity index (χ3v) is 4.24. The molecule has 0 saturated heterocycles. The van der Waals surface area contributed by atoms with E-state index in [1.165, 1.54) is 11.4 Å². The molecule has 0 atom stereocenters. The molecule has 0 bridgehead atoms. The normalized spacial score (nSPS) is 11.5. The Balaban J connectivity index is 2.43. The zero-order chi connectivity index (χ0) is 16.0. The molecule has 112 valence electrons. The number of nitrogens with zero attached hydrogens (tertiary/aromatic N) is 1. The second kappa shape index (κ2) is 6.97. The topological polar surface area (TPSA) is 37.4 Å². The van der Waals surface area contributed by atoms with Gasteiger partial charge in [-0.05, 0) is 29.7 Å². The Bertz CT molecular complexity index is 814. The van der Waals surface area contributed by atoms with Gasteiger partial charge in [0.2, 0.25) is 10.0 Å². The maximum Gasteiger partial charge on any atom is 0.232 e. The highest BCUT2D eigenvalue weighted by Gasteiger charge is 2.13. The molecule has 22 heavy (non-hydrogen) atoms. The highest BCUT2D eigenvalue weighted by Crippen LogP contribution is 2.12. The van der Waals surface area contributed by atoms with Gasteiger partial charge >= 0.3 is 0 Å². The van der Waals surface area contributed by atoms with Crippen molar-refractivity contribution in [3.8, 4) is 11.8 Å². The molecule has 0 radical (unpaired) electrons. The number of sulfonamides is 1. The minimum Gasteiger partial charge on any atom is -0.266 e. The molecule has 0 amide bonds. The van der Waals surface area contributed by atoms with Crippen LogP contribution in [0.2, 0.25) is 0 Å². The Morgan fingerprint density at radius 3 is 2.09 bits per heavy atom. The van der Waals surface area contributed by atoms with E-state index < -0.39 is 10.0 Å². The molecule has 2 aromatic carbocycles. The zero-order valence-electron chi connectivity index (χ0n) is 12.5. The second-order valence-electron chi connectivity index (χ2n) is 4.79. The molecule has 0 N–H and O–H groups in total. The maximum absolute atomic E-state index is 11.8. The lowest BCUT2D eigenvalue weighted by atomic mass is 10.2. The molecule has 0 saturated carbocycles. The van der Waals surface area contributed by atoms with Gasteiger partial charge in [-0.1, -0.05) is 54.5 Å². The fraction of sp³-hybridized carbons (Fsp3) is 0.111. The van der Waals surface area contributed by atoms with Crippen LogP contribution in [0.1, 0.15) is 11.1 Å². The third kappa shape index (κ3) is 4.51. The lowest BCUT2D eigenvalue weighted by molar-refractivity contribution is 0.539. The smallest absolute Gasteiger partial charge is 0.232 e. The molecule has 0 spiro atoms. The minimum atomic E-state index is -3.36. The first-order valence-electron chi connectivity index (χ1n) is 6.74. The summed E-state index contributed by atoms with van der Waals surface area (Å²) in [5.41, 5.74) is 2.16. The van der Waals surface area contributed by atoms with Crippen molar-refractivity contribution in [1.29, 1.82) is 0 Å². The van der Waals surface area contributed by atoms with E-state index in [4.69, 9.17) is 0 Å². The summed E-state index contributed by atoms with van der Waals surface area (Å²) in [7, 11) is -1.86. The zero-order valence-corrected chi connectivity index (χ0v) is 13.3. The van der Waals surface area contributed by atoms with Crippen LogP contribution in [0.15, 0.2) is 66.4 Å². The van der Waals surface area contributed by atoms with E-state index in [-0.39, 0.29) is 0 Å². The van der Waals surface area contributed by atoms with Crippen LogP contribution in [0.5, 0.6) is 0 Å². The summed E-state index contributed by atoms with van der Waals surface area (Å²) in [5.74, 6) is 5.94. The highest BCUT2D eigenvalue weighted by molar-refractivity contribution is 7.88. The van der Waals surface area contributed by atoms with Crippen LogP contribution in [-0.2, 0) is 10.0 Å². The Labute approximate surface area is 132 Å². The molecule has 0 heterocycles. The molecule has 0 aliphatic carbocycles. The van der Waals surface area contributed by atoms with Crippen molar-refractivity contribution in [2.45, 2.75) is 0 Å². The van der Waals surface area contributed by atoms with Gasteiger partial charge in [0.25, 0.3) is 0 Å². The highest BCUT2D eigenvalue weighted by atomic mass is 32.2. The van der Waals surface area contributed by atoms with Crippen molar-refractivity contribution in [3.05, 3.63) is 77.5 Å². The number of allylic oxidation sites excluding steroid dienone is 1. The number of benzene rings is 2. The predicted molar refractivity (Wildman–Crippen MR) is 90.3 cm³/mol. The number of hydrogen-bond donors (Lipinski definition) is 0. The number of hydrogen-bond acceptors (Lipinski definition) is 2. The first kappa shape index (κ1) is 15.9. The molecular weight excluding hydrogens is 294 g/mol. The van der Waals surface area contributed by atoms with Crippen LogP contribution in [0.3, 0.4) is 0 Å². The first-order valence-corrected chi connectivity index (χ1v) is 8.59. The van der Waals surface area contributed by atoms with Gasteiger partial charge < -0.3 is 0 Å². The van der Waals surface area contributed by atoms with Crippen molar-refractivity contribution in [1.82, 2.24) is 4.31 Å². The molecule has 0 aliphatic rings. The molecule has 2 rings (SSSR count). The fourth-order valence-corrected chi connectivity index (χ4v) is 2.20. The standard InChI is InChI=1S/C18H17NO2S/c1-19(22(2,20)21)18(15-17-11-7-4-8-12-17)14-13-16-9-5-3-6-10-16/h3-12,15H,1-2H3/b18-15+. The fourth-order valence-electron chi connectivity index (χ4n) is 1.75. The lowest BCUT2D eigenvalue weighted by Crippen LogP contribution is -2.24. The van der Waals surface area contributed by atoms with Crippen molar-refractivity contribution >= 4 is 16.1 Å². The SMILES string of the molecule is CN(/C(C#Cc1ccccc1)=C/c1ccccc1)S(C)(=O)=O. The van der Waals surface area contributed by atoms with Crippen LogP contribution < -0.4 is 0 Å². The number of rotatable bonds is 3. The second-order valence-corrected chi connectivity index (χ2v) is 6.80. The van der Waals surface area contributed by atoms with Gasteiger partial charge in [-0.25, -0.2) is 8.42 Å². The quantitative estimate of drug-likeness (QED) is 0.817. The molecule has 4 heteroatoms. The van der Waals surface area contributed by atoms with E-state index in [2.05, 4.69) is 11.8 Å². The average molecular weight is 311 g/mol. The molecule has 0 aliphatic heterocycles. The Hall–Kier alpha value is -2.51. The summed E-state index contributed by atoms with van der Waals surface area (Å²) in [5, 5.41) is 0. The summed E-state index contributed by atoms with van der Waals surface area (Å²) in [6, 6.07) is 19.0. The average Bonchev–Trinajstić information content (AvgIpc) is 2.52. The van der Waals surface area contributed by atoms with Crippen LogP contribution in [0.25, 0.3) is 6.08 Å². The van der Waals surface area contributed by atoms with Gasteiger partial charge in [0.15, 0.2) is 0 Å². The summed E-state index contributed by atoms with van der Waals surface area (Å²) < 4.78 is 24.8. The van der Waals surface area contributed by atoms with Gasteiger partial charge in [0.1, 0.15) is 5.70 Å². The molecular formula is C18H17NO2S. The van der Waals surface area contributed by atoms with Gasteiger partial charge in [0, 0.05) is 12.6 Å². The van der Waals surface area contributed by atoms with Crippen molar-refractivity contribution < 1.29 is 8.42 Å². The van der Waals surface area contributed by atoms with E-state index in [9.17, 15) is 8.42 Å². The first-order chi connectivity index (χ1) is 10.5. The third-order valence-electron chi connectivity index (χ3n) is 3.05. The van der Waals surface area contributed by atoms with E-state index in [0.717, 1.165) is 17.4 Å². The van der Waals surface area contributed by atoms with Crippen molar-refractivity contribution in [3.63, 3.8) is 0 Å². The van der Waals surface area contributed by atoms with Gasteiger partial charge in [-0.3, -0.25) is 4.31 Å². The molecule has 0 fully saturated rings. The molecule has 0 unspecified atom stereocenters. The summed E-state index contributed by atoms with van der Waals surface area (Å²) in [4.78, 5) is 0. The Morgan fingerprint density at radius 2 is 1.55 bits per heavy atom. The van der Waals surface area contributed by atoms with Gasteiger partial charge in [0.05, 0.1) is 6.26 Å². The maximum atomic E-state index is 11.8. The van der Waals surface area contributed by atoms with E-state index in [0.29, 0.717) is 5.70 Å². The van der Waals surface area contributed by atoms with Crippen LogP contribution in [-0.4, -0.2) is 26.0 Å². The Morgan fingerprint density at radius 1 is 1.00 bits per heavy atom. The summed E-state index contributed by atoms with van der Waals surface area (Å²) in [6.07, 6.45) is 2.92. The Kier molecular flexibility index (Phi) is 5.03. The van der Waals surface area contributed by atoms with Crippen molar-refractivity contribution in [2.75, 3.05) is 13.3 Å². The van der Waals surface area contributed by atoms with E-state index in [1.54, 1.807) is 6.08 Å². The lowest BCUT2D eigenvalue weighted by Gasteiger charge is -2.16. The largest absolute Gasteiger partial charge is 0.266 e. The van der Waals surface area contributed by atoms with E-state index in [1.807, 2.05) is 60.7 Å². The predicted octanol–water partition coefficient (Wildman–Crippen LogP) is 2.97. The molecule has 3 nitrogen and oxygen atoms in total. The molecule has 2 aromatic rings. The minimum absolute atomic E-state index is 0.428. The van der Waals surface area contributed by atoms with Crippen LogP contribution >= 0.6 is 0 Å². The summed E-state index contributed by atoms with van der Waals surface area (Å²) >= 11 is 0. The van der Waals surface area contributed by atoms with Crippen molar-refractivity contribution in [2.24, 2.45) is 0 Å². The van der Waals surface area contributed by atoms with Gasteiger partial charge in [-0.2, -0.15) is 0 Å².